The number of hydrogen-bond acceptors (Lipinski definition) is 4. The van der Waals surface area contributed by atoms with Gasteiger partial charge in [-0.15, -0.1) is 0 Å². The zero-order chi connectivity index (χ0) is 21.0. The van der Waals surface area contributed by atoms with E-state index in [2.05, 4.69) is 4.99 Å². The fourth-order valence-electron chi connectivity index (χ4n) is 2.93. The molecule has 0 spiro atoms. The first-order chi connectivity index (χ1) is 13.9. The van der Waals surface area contributed by atoms with E-state index in [0.717, 1.165) is 0 Å². The minimum atomic E-state index is -1.26. The predicted molar refractivity (Wildman–Crippen MR) is 112 cm³/mol. The molecule has 0 radical (unpaired) electrons. The zero-order valence-electron chi connectivity index (χ0n) is 16.4. The number of ether oxygens (including phenoxy) is 1. The summed E-state index contributed by atoms with van der Waals surface area (Å²) in [5, 5.41) is 9.65. The molecule has 148 valence electrons. The number of aromatic nitrogens is 2. The van der Waals surface area contributed by atoms with Crippen molar-refractivity contribution in [3.63, 3.8) is 0 Å². The van der Waals surface area contributed by atoms with Crippen molar-refractivity contribution >= 4 is 23.1 Å². The van der Waals surface area contributed by atoms with Crippen molar-refractivity contribution in [1.29, 1.82) is 0 Å². The summed E-state index contributed by atoms with van der Waals surface area (Å²) >= 11 is 0. The van der Waals surface area contributed by atoms with Gasteiger partial charge in [-0.3, -0.25) is 9.48 Å². The van der Waals surface area contributed by atoms with Gasteiger partial charge in [0.15, 0.2) is 11.4 Å². The van der Waals surface area contributed by atoms with Gasteiger partial charge in [0, 0.05) is 18.7 Å². The predicted octanol–water partition coefficient (Wildman–Crippen LogP) is 3.33. The first-order valence-corrected chi connectivity index (χ1v) is 8.91. The Hall–Kier alpha value is -3.87. The van der Waals surface area contributed by atoms with Crippen LogP contribution in [0.15, 0.2) is 76.5 Å². The monoisotopic (exact) mass is 391 g/mol. The number of rotatable bonds is 6. The smallest absolute Gasteiger partial charge is 0.354 e. The lowest BCUT2D eigenvalue weighted by molar-refractivity contribution is -0.129. The Morgan fingerprint density at radius 3 is 2.21 bits per heavy atom. The van der Waals surface area contributed by atoms with E-state index in [9.17, 15) is 14.7 Å². The van der Waals surface area contributed by atoms with Crippen molar-refractivity contribution in [3.8, 4) is 5.69 Å². The molecule has 0 amide bonds. The van der Waals surface area contributed by atoms with Crippen LogP contribution in [0.25, 0.3) is 11.4 Å². The Balaban J connectivity index is 2.15. The molecule has 0 aliphatic carbocycles. The molecule has 0 bridgehead atoms. The normalized spacial score (nSPS) is 12.1. The van der Waals surface area contributed by atoms with Crippen LogP contribution in [0.3, 0.4) is 0 Å². The van der Waals surface area contributed by atoms with Crippen molar-refractivity contribution in [2.75, 3.05) is 7.11 Å². The van der Waals surface area contributed by atoms with Crippen molar-refractivity contribution < 1.29 is 14.6 Å². The van der Waals surface area contributed by atoms with Crippen LogP contribution in [-0.4, -0.2) is 33.3 Å². The molecule has 0 aliphatic rings. The summed E-state index contributed by atoms with van der Waals surface area (Å²) in [5.74, 6) is -0.923. The van der Waals surface area contributed by atoms with Gasteiger partial charge < -0.3 is 9.84 Å². The number of benzene rings is 2. The van der Waals surface area contributed by atoms with E-state index in [-0.39, 0.29) is 11.4 Å². The van der Waals surface area contributed by atoms with Crippen LogP contribution >= 0.6 is 0 Å². The summed E-state index contributed by atoms with van der Waals surface area (Å²) in [7, 11) is 3.18. The Kier molecular flexibility index (Phi) is 5.78. The summed E-state index contributed by atoms with van der Waals surface area (Å²) in [6.45, 7) is 1.72. The summed E-state index contributed by atoms with van der Waals surface area (Å²) in [6.07, 6.45) is 1.32. The molecule has 29 heavy (non-hydrogen) atoms. The lowest BCUT2D eigenvalue weighted by Gasteiger charge is -2.07. The highest BCUT2D eigenvalue weighted by Gasteiger charge is 2.18. The van der Waals surface area contributed by atoms with E-state index in [4.69, 9.17) is 4.74 Å². The molecule has 0 saturated heterocycles. The maximum atomic E-state index is 13.0. The topological polar surface area (TPSA) is 85.8 Å². The van der Waals surface area contributed by atoms with Gasteiger partial charge in [0.2, 0.25) is 0 Å². The molecule has 0 atom stereocenters. The Labute approximate surface area is 167 Å². The van der Waals surface area contributed by atoms with E-state index in [1.165, 1.54) is 17.9 Å². The van der Waals surface area contributed by atoms with Gasteiger partial charge in [0.25, 0.3) is 5.56 Å². The highest BCUT2D eigenvalue weighted by Crippen LogP contribution is 2.19. The third-order valence-electron chi connectivity index (χ3n) is 4.52. The summed E-state index contributed by atoms with van der Waals surface area (Å²) in [6, 6.07) is 18.2. The van der Waals surface area contributed by atoms with Crippen molar-refractivity contribution in [2.24, 2.45) is 12.0 Å². The summed E-state index contributed by atoms with van der Waals surface area (Å²) in [4.78, 5) is 29.0. The van der Waals surface area contributed by atoms with E-state index in [1.807, 2.05) is 36.4 Å². The number of carboxylic acids is 1. The highest BCUT2D eigenvalue weighted by molar-refractivity contribution is 6.42. The standard InChI is InChI=1S/C22H21N3O4/c1-15-20(21(26)25(24(15)2)17-12-8-5-9-13-17)23-18(22(27)28)14-19(29-3)16-10-6-4-7-11-16/h4-14H,1-3H3,(H,27,28). The van der Waals surface area contributed by atoms with Gasteiger partial charge in [0.1, 0.15) is 5.76 Å². The average Bonchev–Trinajstić information content (AvgIpc) is 2.95. The quantitative estimate of drug-likeness (QED) is 0.516. The van der Waals surface area contributed by atoms with Crippen molar-refractivity contribution in [2.45, 2.75) is 6.92 Å². The number of methoxy groups -OCH3 is 1. The Morgan fingerprint density at radius 1 is 1.07 bits per heavy atom. The molecule has 3 aromatic rings. The molecular formula is C22H21N3O4. The van der Waals surface area contributed by atoms with Crippen LogP contribution in [-0.2, 0) is 16.6 Å². The molecule has 1 aromatic heterocycles. The molecular weight excluding hydrogens is 370 g/mol. The maximum absolute atomic E-state index is 13.0. The number of carbonyl (C=O) groups is 1. The second-order valence-corrected chi connectivity index (χ2v) is 6.29. The average molecular weight is 391 g/mol. The second kappa shape index (κ2) is 8.43. The van der Waals surface area contributed by atoms with Crippen molar-refractivity contribution in [3.05, 3.63) is 88.4 Å². The SMILES string of the molecule is COC(=CC(=Nc1c(C)n(C)n(-c2ccccc2)c1=O)C(=O)O)c1ccccc1. The molecule has 3 rings (SSSR count). The Bertz CT molecular complexity index is 1140. The molecule has 0 unspecified atom stereocenters. The molecule has 7 heteroatoms. The second-order valence-electron chi connectivity index (χ2n) is 6.29. The zero-order valence-corrected chi connectivity index (χ0v) is 16.4. The van der Waals surface area contributed by atoms with Crippen LogP contribution in [0.4, 0.5) is 5.69 Å². The number of para-hydroxylation sites is 1. The van der Waals surface area contributed by atoms with Crippen LogP contribution in [0.2, 0.25) is 0 Å². The van der Waals surface area contributed by atoms with E-state index >= 15 is 0 Å². The number of aliphatic imine (C=N–C) groups is 1. The molecule has 1 N–H and O–H groups in total. The third-order valence-corrected chi connectivity index (χ3v) is 4.52. The fourth-order valence-corrected chi connectivity index (χ4v) is 2.93. The molecule has 0 fully saturated rings. The fraction of sp³-hybridized carbons (Fsp3) is 0.136. The molecule has 1 heterocycles. The molecule has 2 aromatic carbocycles. The molecule has 0 aliphatic heterocycles. The number of nitrogens with zero attached hydrogens (tertiary/aromatic N) is 3. The van der Waals surface area contributed by atoms with Gasteiger partial charge in [-0.2, -0.15) is 0 Å². The summed E-state index contributed by atoms with van der Waals surface area (Å²) < 4.78 is 8.44. The first-order valence-electron chi connectivity index (χ1n) is 8.91. The number of aliphatic carboxylic acids is 1. The Morgan fingerprint density at radius 2 is 1.66 bits per heavy atom. The van der Waals surface area contributed by atoms with E-state index in [0.29, 0.717) is 22.7 Å². The highest BCUT2D eigenvalue weighted by atomic mass is 16.5. The van der Waals surface area contributed by atoms with Gasteiger partial charge in [-0.25, -0.2) is 14.5 Å². The molecule has 7 nitrogen and oxygen atoms in total. The van der Waals surface area contributed by atoms with Crippen LogP contribution in [0.1, 0.15) is 11.3 Å². The van der Waals surface area contributed by atoms with Crippen LogP contribution in [0, 0.1) is 6.92 Å². The largest absolute Gasteiger partial charge is 0.496 e. The maximum Gasteiger partial charge on any atom is 0.354 e. The number of carboxylic acid groups (broad SMARTS) is 1. The molecule has 0 saturated carbocycles. The van der Waals surface area contributed by atoms with Crippen molar-refractivity contribution in [1.82, 2.24) is 9.36 Å². The number of hydrogen-bond donors (Lipinski definition) is 1. The van der Waals surface area contributed by atoms with Gasteiger partial charge >= 0.3 is 5.97 Å². The first kappa shape index (κ1) is 19.9. The van der Waals surface area contributed by atoms with Crippen LogP contribution < -0.4 is 5.56 Å². The lowest BCUT2D eigenvalue weighted by Crippen LogP contribution is -2.19. The minimum absolute atomic E-state index is 0.0634. The summed E-state index contributed by atoms with van der Waals surface area (Å²) in [5.41, 5.74) is 1.28. The lowest BCUT2D eigenvalue weighted by atomic mass is 10.1. The van der Waals surface area contributed by atoms with E-state index in [1.54, 1.807) is 42.9 Å². The minimum Gasteiger partial charge on any atom is -0.496 e. The van der Waals surface area contributed by atoms with Gasteiger partial charge in [-0.05, 0) is 19.1 Å². The van der Waals surface area contributed by atoms with Gasteiger partial charge in [0.05, 0.1) is 18.5 Å². The van der Waals surface area contributed by atoms with Crippen LogP contribution in [0.5, 0.6) is 0 Å². The van der Waals surface area contributed by atoms with E-state index < -0.39 is 11.5 Å². The van der Waals surface area contributed by atoms with Gasteiger partial charge in [-0.1, -0.05) is 48.5 Å². The third kappa shape index (κ3) is 4.03.